The lowest BCUT2D eigenvalue weighted by Gasteiger charge is -2.14. The van der Waals surface area contributed by atoms with Crippen molar-refractivity contribution in [3.8, 4) is 5.75 Å². The first kappa shape index (κ1) is 21.6. The molecule has 0 atom stereocenters. The van der Waals surface area contributed by atoms with Gasteiger partial charge in [-0.25, -0.2) is 4.79 Å². The lowest BCUT2D eigenvalue weighted by atomic mass is 10.0. The van der Waals surface area contributed by atoms with Crippen molar-refractivity contribution < 1.29 is 23.9 Å². The van der Waals surface area contributed by atoms with Crippen molar-refractivity contribution in [3.05, 3.63) is 82.8 Å². The summed E-state index contributed by atoms with van der Waals surface area (Å²) in [6.07, 6.45) is 1.68. The molecular weight excluding hydrogens is 426 g/mol. The first-order chi connectivity index (χ1) is 15.5. The number of rotatable bonds is 7. The van der Waals surface area contributed by atoms with Gasteiger partial charge in [-0.1, -0.05) is 54.6 Å². The fourth-order valence-corrected chi connectivity index (χ4v) is 4.23. The SMILES string of the molecule is CCOC(=O)COc1ccc(/C=C2\SC(=O)N(Cc3cccc4ccccc34)C2=O)cc1. The lowest BCUT2D eigenvalue weighted by molar-refractivity contribution is -0.145. The van der Waals surface area contributed by atoms with E-state index in [9.17, 15) is 14.4 Å². The Hall–Kier alpha value is -3.58. The molecule has 1 aliphatic rings. The number of amides is 2. The zero-order chi connectivity index (χ0) is 22.5. The minimum atomic E-state index is -0.434. The van der Waals surface area contributed by atoms with Crippen LogP contribution in [-0.4, -0.2) is 35.2 Å². The maximum Gasteiger partial charge on any atom is 0.344 e. The van der Waals surface area contributed by atoms with Gasteiger partial charge in [0.15, 0.2) is 6.61 Å². The van der Waals surface area contributed by atoms with Crippen LogP contribution in [0.2, 0.25) is 0 Å². The number of carbonyl (C=O) groups excluding carboxylic acids is 3. The zero-order valence-electron chi connectivity index (χ0n) is 17.4. The summed E-state index contributed by atoms with van der Waals surface area (Å²) in [5.74, 6) is -0.230. The van der Waals surface area contributed by atoms with E-state index in [0.29, 0.717) is 17.3 Å². The molecule has 32 heavy (non-hydrogen) atoms. The van der Waals surface area contributed by atoms with Crippen LogP contribution in [0.1, 0.15) is 18.1 Å². The summed E-state index contributed by atoms with van der Waals surface area (Å²) in [7, 11) is 0. The van der Waals surface area contributed by atoms with Gasteiger partial charge >= 0.3 is 5.97 Å². The number of ether oxygens (including phenoxy) is 2. The van der Waals surface area contributed by atoms with Crippen molar-refractivity contribution in [3.63, 3.8) is 0 Å². The maximum atomic E-state index is 12.9. The second kappa shape index (κ2) is 9.70. The van der Waals surface area contributed by atoms with Crippen molar-refractivity contribution in [1.29, 1.82) is 0 Å². The van der Waals surface area contributed by atoms with Crippen LogP contribution < -0.4 is 4.74 Å². The van der Waals surface area contributed by atoms with Gasteiger partial charge in [-0.15, -0.1) is 0 Å². The van der Waals surface area contributed by atoms with Gasteiger partial charge < -0.3 is 9.47 Å². The van der Waals surface area contributed by atoms with Crippen LogP contribution in [0, 0.1) is 0 Å². The van der Waals surface area contributed by atoms with Gasteiger partial charge in [-0.05, 0) is 58.8 Å². The fraction of sp³-hybridized carbons (Fsp3) is 0.160. The number of nitrogens with zero attached hydrogens (tertiary/aromatic N) is 1. The smallest absolute Gasteiger partial charge is 0.344 e. The lowest BCUT2D eigenvalue weighted by Crippen LogP contribution is -2.27. The van der Waals surface area contributed by atoms with E-state index >= 15 is 0 Å². The number of imide groups is 1. The molecule has 0 N–H and O–H groups in total. The highest BCUT2D eigenvalue weighted by Gasteiger charge is 2.35. The van der Waals surface area contributed by atoms with E-state index in [2.05, 4.69) is 0 Å². The van der Waals surface area contributed by atoms with E-state index in [1.165, 1.54) is 4.90 Å². The van der Waals surface area contributed by atoms with E-state index in [-0.39, 0.29) is 24.3 Å². The monoisotopic (exact) mass is 447 g/mol. The normalized spacial score (nSPS) is 14.9. The number of hydrogen-bond donors (Lipinski definition) is 0. The first-order valence-electron chi connectivity index (χ1n) is 10.2. The Balaban J connectivity index is 1.46. The Morgan fingerprint density at radius 3 is 2.53 bits per heavy atom. The Morgan fingerprint density at radius 2 is 1.75 bits per heavy atom. The number of esters is 1. The second-order valence-corrected chi connectivity index (χ2v) is 8.06. The van der Waals surface area contributed by atoms with Crippen LogP contribution in [0.5, 0.6) is 5.75 Å². The maximum absolute atomic E-state index is 12.9. The van der Waals surface area contributed by atoms with E-state index in [0.717, 1.165) is 33.7 Å². The predicted octanol–water partition coefficient (Wildman–Crippen LogP) is 5.02. The van der Waals surface area contributed by atoms with Crippen LogP contribution >= 0.6 is 11.8 Å². The molecule has 1 fully saturated rings. The van der Waals surface area contributed by atoms with Crippen molar-refractivity contribution in [1.82, 2.24) is 4.90 Å². The predicted molar refractivity (Wildman–Crippen MR) is 124 cm³/mol. The number of benzene rings is 3. The topological polar surface area (TPSA) is 72.9 Å². The van der Waals surface area contributed by atoms with Gasteiger partial charge in [0.25, 0.3) is 11.1 Å². The van der Waals surface area contributed by atoms with E-state index in [1.807, 2.05) is 42.5 Å². The molecule has 2 amide bonds. The molecule has 1 saturated heterocycles. The van der Waals surface area contributed by atoms with E-state index in [4.69, 9.17) is 9.47 Å². The van der Waals surface area contributed by atoms with Crippen LogP contribution in [0.15, 0.2) is 71.6 Å². The molecular formula is C25H21NO5S. The summed E-state index contributed by atoms with van der Waals surface area (Å²) in [6.45, 7) is 2.09. The molecule has 0 spiro atoms. The quantitative estimate of drug-likeness (QED) is 0.374. The number of thioether (sulfide) groups is 1. The molecule has 4 rings (SSSR count). The number of carbonyl (C=O) groups is 3. The van der Waals surface area contributed by atoms with Gasteiger partial charge in [-0.2, -0.15) is 0 Å². The second-order valence-electron chi connectivity index (χ2n) is 7.07. The van der Waals surface area contributed by atoms with Gasteiger partial charge in [-0.3, -0.25) is 14.5 Å². The molecule has 7 heteroatoms. The average molecular weight is 448 g/mol. The molecule has 0 unspecified atom stereocenters. The largest absolute Gasteiger partial charge is 0.482 e. The minimum Gasteiger partial charge on any atom is -0.482 e. The molecule has 3 aromatic rings. The highest BCUT2D eigenvalue weighted by molar-refractivity contribution is 8.18. The molecule has 1 aliphatic heterocycles. The molecule has 1 heterocycles. The summed E-state index contributed by atoms with van der Waals surface area (Å²) < 4.78 is 10.2. The zero-order valence-corrected chi connectivity index (χ0v) is 18.3. The van der Waals surface area contributed by atoms with Gasteiger partial charge in [0.1, 0.15) is 5.75 Å². The van der Waals surface area contributed by atoms with Gasteiger partial charge in [0.2, 0.25) is 0 Å². The van der Waals surface area contributed by atoms with Crippen molar-refractivity contribution >= 4 is 45.7 Å². The molecule has 0 aliphatic carbocycles. The van der Waals surface area contributed by atoms with E-state index in [1.54, 1.807) is 37.3 Å². The third kappa shape index (κ3) is 4.84. The van der Waals surface area contributed by atoms with Crippen molar-refractivity contribution in [2.24, 2.45) is 0 Å². The highest BCUT2D eigenvalue weighted by atomic mass is 32.2. The minimum absolute atomic E-state index is 0.166. The Labute approximate surface area is 189 Å². The standard InChI is InChI=1S/C25H21NO5S/c1-2-30-23(27)16-31-20-12-10-17(11-13-20)14-22-24(28)26(25(29)32-22)15-19-8-5-7-18-6-3-4-9-21(18)19/h3-14H,2,15-16H2,1H3/b22-14-. The third-order valence-electron chi connectivity index (χ3n) is 4.92. The molecule has 0 radical (unpaired) electrons. The summed E-state index contributed by atoms with van der Waals surface area (Å²) in [5.41, 5.74) is 1.68. The molecule has 3 aromatic carbocycles. The Kier molecular flexibility index (Phi) is 6.56. The summed E-state index contributed by atoms with van der Waals surface area (Å²) >= 11 is 0.931. The summed E-state index contributed by atoms with van der Waals surface area (Å²) in [6, 6.07) is 20.7. The van der Waals surface area contributed by atoms with Crippen molar-refractivity contribution in [2.75, 3.05) is 13.2 Å². The van der Waals surface area contributed by atoms with Crippen LogP contribution in [0.25, 0.3) is 16.8 Å². The van der Waals surface area contributed by atoms with Crippen molar-refractivity contribution in [2.45, 2.75) is 13.5 Å². The Bertz CT molecular complexity index is 1200. The molecule has 6 nitrogen and oxygen atoms in total. The van der Waals surface area contributed by atoms with Crippen LogP contribution in [-0.2, 0) is 20.9 Å². The summed E-state index contributed by atoms with van der Waals surface area (Å²) in [4.78, 5) is 38.5. The highest BCUT2D eigenvalue weighted by Crippen LogP contribution is 2.34. The van der Waals surface area contributed by atoms with E-state index < -0.39 is 5.97 Å². The molecule has 0 bridgehead atoms. The number of fused-ring (bicyclic) bond motifs is 1. The average Bonchev–Trinajstić information content (AvgIpc) is 3.06. The fourth-order valence-electron chi connectivity index (χ4n) is 3.39. The van der Waals surface area contributed by atoms with Crippen LogP contribution in [0.4, 0.5) is 4.79 Å². The third-order valence-corrected chi connectivity index (χ3v) is 5.83. The van der Waals surface area contributed by atoms with Crippen LogP contribution in [0.3, 0.4) is 0 Å². The summed E-state index contributed by atoms with van der Waals surface area (Å²) in [5, 5.41) is 1.80. The molecule has 0 aromatic heterocycles. The Morgan fingerprint density at radius 1 is 1.00 bits per heavy atom. The van der Waals surface area contributed by atoms with Gasteiger partial charge in [0.05, 0.1) is 18.1 Å². The van der Waals surface area contributed by atoms with Gasteiger partial charge in [0, 0.05) is 0 Å². The first-order valence-corrected chi connectivity index (χ1v) is 11.0. The number of hydrogen-bond acceptors (Lipinski definition) is 6. The molecule has 0 saturated carbocycles. The molecule has 162 valence electrons.